The second-order valence-corrected chi connectivity index (χ2v) is 9.36. The first-order valence-electron chi connectivity index (χ1n) is 10.7. The molecule has 2 aromatic rings. The molecule has 0 spiro atoms. The molecule has 8 nitrogen and oxygen atoms in total. The van der Waals surface area contributed by atoms with Crippen molar-refractivity contribution in [3.8, 4) is 11.5 Å². The number of amides is 1. The van der Waals surface area contributed by atoms with Crippen LogP contribution >= 0.6 is 11.3 Å². The number of likely N-dealkylation sites (N-methyl/N-ethyl adjacent to an activating group) is 2. The topological polar surface area (TPSA) is 61.4 Å². The highest BCUT2D eigenvalue weighted by atomic mass is 32.1. The molecular weight excluding hydrogens is 414 g/mol. The Bertz CT molecular complexity index is 910. The molecular formula is C22H31N5O3S. The Hall–Kier alpha value is -2.36. The van der Waals surface area contributed by atoms with E-state index in [-0.39, 0.29) is 5.91 Å². The minimum Gasteiger partial charge on any atom is -0.454 e. The Morgan fingerprint density at radius 3 is 2.61 bits per heavy atom. The second-order valence-electron chi connectivity index (χ2n) is 8.35. The molecule has 1 fully saturated rings. The lowest BCUT2D eigenvalue weighted by Gasteiger charge is -2.38. The van der Waals surface area contributed by atoms with E-state index >= 15 is 0 Å². The van der Waals surface area contributed by atoms with E-state index in [0.717, 1.165) is 49.4 Å². The molecule has 0 saturated carbocycles. The molecule has 2 aliphatic rings. The molecule has 0 unspecified atom stereocenters. The maximum Gasteiger partial charge on any atom is 0.265 e. The molecule has 3 heterocycles. The van der Waals surface area contributed by atoms with Crippen LogP contribution in [-0.4, -0.2) is 92.8 Å². The molecule has 0 N–H and O–H groups in total. The van der Waals surface area contributed by atoms with Gasteiger partial charge in [0.05, 0.1) is 6.20 Å². The van der Waals surface area contributed by atoms with Crippen LogP contribution in [0.15, 0.2) is 24.4 Å². The van der Waals surface area contributed by atoms with Crippen LogP contribution in [-0.2, 0) is 0 Å². The predicted molar refractivity (Wildman–Crippen MR) is 122 cm³/mol. The predicted octanol–water partition coefficient (Wildman–Crippen LogP) is 2.39. The molecule has 4 rings (SSSR count). The summed E-state index contributed by atoms with van der Waals surface area (Å²) in [6.45, 7) is 7.76. The number of piperazine rings is 1. The number of anilines is 1. The number of nitrogens with zero attached hydrogens (tertiary/aromatic N) is 5. The minimum atomic E-state index is 0.0423. The molecule has 1 aromatic carbocycles. The van der Waals surface area contributed by atoms with Gasteiger partial charge in [0.1, 0.15) is 4.88 Å². The van der Waals surface area contributed by atoms with Gasteiger partial charge in [0.15, 0.2) is 16.6 Å². The van der Waals surface area contributed by atoms with Crippen molar-refractivity contribution in [2.75, 3.05) is 72.1 Å². The third-order valence-corrected chi connectivity index (χ3v) is 6.99. The van der Waals surface area contributed by atoms with Crippen molar-refractivity contribution < 1.29 is 14.3 Å². The van der Waals surface area contributed by atoms with Crippen LogP contribution in [0.25, 0.3) is 0 Å². The van der Waals surface area contributed by atoms with E-state index < -0.39 is 0 Å². The SMILES string of the molecule is C[C@H](c1ccc2c(c1)OCO2)N1CCN(c2ncc(C(=O)N(C)CCN(C)C)s2)CC1. The molecule has 168 valence electrons. The fourth-order valence-electron chi connectivity index (χ4n) is 3.83. The molecule has 1 aromatic heterocycles. The molecule has 0 bridgehead atoms. The summed E-state index contributed by atoms with van der Waals surface area (Å²) in [5.74, 6) is 1.70. The number of carbonyl (C=O) groups is 1. The number of ether oxygens (including phenoxy) is 2. The van der Waals surface area contributed by atoms with Gasteiger partial charge < -0.3 is 24.2 Å². The Kier molecular flexibility index (Phi) is 6.64. The van der Waals surface area contributed by atoms with E-state index in [1.165, 1.54) is 16.9 Å². The van der Waals surface area contributed by atoms with Crippen molar-refractivity contribution >= 4 is 22.4 Å². The highest BCUT2D eigenvalue weighted by Crippen LogP contribution is 2.35. The number of hydrogen-bond acceptors (Lipinski definition) is 8. The number of benzene rings is 1. The fourth-order valence-corrected chi connectivity index (χ4v) is 4.80. The van der Waals surface area contributed by atoms with E-state index in [1.807, 2.05) is 27.2 Å². The van der Waals surface area contributed by atoms with Crippen molar-refractivity contribution in [1.82, 2.24) is 19.7 Å². The first-order chi connectivity index (χ1) is 14.9. The summed E-state index contributed by atoms with van der Waals surface area (Å²) in [6.07, 6.45) is 1.72. The Morgan fingerprint density at radius 2 is 1.87 bits per heavy atom. The van der Waals surface area contributed by atoms with Gasteiger partial charge in [0.2, 0.25) is 6.79 Å². The second kappa shape index (κ2) is 9.42. The lowest BCUT2D eigenvalue weighted by atomic mass is 10.1. The third-order valence-electron chi connectivity index (χ3n) is 5.95. The summed E-state index contributed by atoms with van der Waals surface area (Å²) in [5, 5.41) is 0.930. The van der Waals surface area contributed by atoms with Crippen molar-refractivity contribution in [2.45, 2.75) is 13.0 Å². The Morgan fingerprint density at radius 1 is 1.13 bits per heavy atom. The zero-order valence-electron chi connectivity index (χ0n) is 18.7. The number of carbonyl (C=O) groups excluding carboxylic acids is 1. The van der Waals surface area contributed by atoms with Crippen LogP contribution in [0, 0.1) is 0 Å². The van der Waals surface area contributed by atoms with Gasteiger partial charge in [-0.25, -0.2) is 4.98 Å². The average molecular weight is 446 g/mol. The summed E-state index contributed by atoms with van der Waals surface area (Å²) >= 11 is 1.49. The van der Waals surface area contributed by atoms with Gasteiger partial charge in [-0.1, -0.05) is 17.4 Å². The largest absolute Gasteiger partial charge is 0.454 e. The highest BCUT2D eigenvalue weighted by molar-refractivity contribution is 7.17. The smallest absolute Gasteiger partial charge is 0.265 e. The standard InChI is InChI=1S/C22H31N5O3S/c1-16(17-5-6-18-19(13-17)30-15-29-18)26-9-11-27(12-10-26)22-23-14-20(31-22)21(28)25(4)8-7-24(2)3/h5-6,13-14,16H,7-12,15H2,1-4H3/t16-/m1/s1. The zero-order chi connectivity index (χ0) is 22.0. The van der Waals surface area contributed by atoms with Crippen LogP contribution < -0.4 is 14.4 Å². The van der Waals surface area contributed by atoms with Crippen molar-refractivity contribution in [3.63, 3.8) is 0 Å². The van der Waals surface area contributed by atoms with E-state index in [1.54, 1.807) is 11.1 Å². The van der Waals surface area contributed by atoms with Crippen molar-refractivity contribution in [2.24, 2.45) is 0 Å². The molecule has 31 heavy (non-hydrogen) atoms. The molecule has 0 aliphatic carbocycles. The van der Waals surface area contributed by atoms with E-state index in [4.69, 9.17) is 9.47 Å². The van der Waals surface area contributed by atoms with Gasteiger partial charge >= 0.3 is 0 Å². The fraction of sp³-hybridized carbons (Fsp3) is 0.545. The number of rotatable bonds is 7. The average Bonchev–Trinajstić information content (AvgIpc) is 3.45. The number of thiazole rings is 1. The molecule has 1 atom stereocenters. The van der Waals surface area contributed by atoms with Crippen LogP contribution in [0.4, 0.5) is 5.13 Å². The van der Waals surface area contributed by atoms with E-state index in [9.17, 15) is 4.79 Å². The van der Waals surface area contributed by atoms with Gasteiger partial charge in [-0.05, 0) is 38.7 Å². The van der Waals surface area contributed by atoms with Crippen molar-refractivity contribution in [1.29, 1.82) is 0 Å². The van der Waals surface area contributed by atoms with E-state index in [2.05, 4.69) is 38.7 Å². The van der Waals surface area contributed by atoms with Gasteiger partial charge in [-0.3, -0.25) is 9.69 Å². The van der Waals surface area contributed by atoms with Gasteiger partial charge in [0.25, 0.3) is 5.91 Å². The first-order valence-corrected chi connectivity index (χ1v) is 11.5. The third kappa shape index (κ3) is 4.94. The van der Waals surface area contributed by atoms with Gasteiger partial charge in [0, 0.05) is 52.4 Å². The van der Waals surface area contributed by atoms with Crippen LogP contribution in [0.2, 0.25) is 0 Å². The summed E-state index contributed by atoms with van der Waals surface area (Å²) in [5.41, 5.74) is 1.24. The summed E-state index contributed by atoms with van der Waals surface area (Å²) in [6, 6.07) is 6.50. The van der Waals surface area contributed by atoms with Crippen LogP contribution in [0.3, 0.4) is 0 Å². The summed E-state index contributed by atoms with van der Waals surface area (Å²) < 4.78 is 10.9. The Labute approximate surface area is 188 Å². The summed E-state index contributed by atoms with van der Waals surface area (Å²) in [7, 11) is 5.87. The Balaban J connectivity index is 1.32. The molecule has 2 aliphatic heterocycles. The van der Waals surface area contributed by atoms with Gasteiger partial charge in [-0.2, -0.15) is 0 Å². The quantitative estimate of drug-likeness (QED) is 0.649. The number of aromatic nitrogens is 1. The van der Waals surface area contributed by atoms with E-state index in [0.29, 0.717) is 24.3 Å². The van der Waals surface area contributed by atoms with Crippen LogP contribution in [0.1, 0.15) is 28.2 Å². The number of fused-ring (bicyclic) bond motifs is 1. The van der Waals surface area contributed by atoms with Crippen LogP contribution in [0.5, 0.6) is 11.5 Å². The maximum absolute atomic E-state index is 12.7. The summed E-state index contributed by atoms with van der Waals surface area (Å²) in [4.78, 5) is 26.5. The van der Waals surface area contributed by atoms with Gasteiger partial charge in [-0.15, -0.1) is 0 Å². The molecule has 0 radical (unpaired) electrons. The highest BCUT2D eigenvalue weighted by Gasteiger charge is 2.26. The van der Waals surface area contributed by atoms with Crippen molar-refractivity contribution in [3.05, 3.63) is 34.8 Å². The lowest BCUT2D eigenvalue weighted by molar-refractivity contribution is 0.0791. The zero-order valence-corrected chi connectivity index (χ0v) is 19.5. The number of hydrogen-bond donors (Lipinski definition) is 0. The lowest BCUT2D eigenvalue weighted by Crippen LogP contribution is -2.47. The monoisotopic (exact) mass is 445 g/mol. The molecule has 1 saturated heterocycles. The minimum absolute atomic E-state index is 0.0423. The normalized spacial score (nSPS) is 17.3. The molecule has 9 heteroatoms. The maximum atomic E-state index is 12.7. The molecule has 1 amide bonds. The first kappa shape index (κ1) is 21.9.